The normalized spacial score (nSPS) is 10.9. The molecule has 0 atom stereocenters. The molecule has 0 aliphatic heterocycles. The molecule has 2 aromatic rings. The van der Waals surface area contributed by atoms with Gasteiger partial charge >= 0.3 is 0 Å². The molecule has 1 heterocycles. The highest BCUT2D eigenvalue weighted by molar-refractivity contribution is 6.30. The Labute approximate surface area is 129 Å². The summed E-state index contributed by atoms with van der Waals surface area (Å²) in [5.74, 6) is 1.30. The van der Waals surface area contributed by atoms with E-state index in [1.165, 1.54) is 0 Å². The molecule has 0 unspecified atom stereocenters. The maximum atomic E-state index is 11.6. The molecule has 1 amide bonds. The highest BCUT2D eigenvalue weighted by Gasteiger charge is 2.06. The standard InChI is InChI=1S/C16H20ClN3O/c1-11(2)9-15(21)18-8-7-14-10-19-16(20-14)12-3-5-13(17)6-4-12/h3-6,10-11H,7-9H2,1-2H3,(H,18,21)(H,19,20). The van der Waals surface area contributed by atoms with Gasteiger partial charge < -0.3 is 10.3 Å². The third-order valence-corrected chi connectivity index (χ3v) is 3.31. The summed E-state index contributed by atoms with van der Waals surface area (Å²) in [6.45, 7) is 4.69. The molecule has 1 aromatic carbocycles. The molecule has 2 rings (SSSR count). The van der Waals surface area contributed by atoms with Crippen molar-refractivity contribution in [2.24, 2.45) is 5.92 Å². The number of aromatic nitrogens is 2. The number of nitrogens with one attached hydrogen (secondary N) is 2. The number of nitrogens with zero attached hydrogens (tertiary/aromatic N) is 1. The number of carbonyl (C=O) groups excluding carboxylic acids is 1. The smallest absolute Gasteiger partial charge is 0.220 e. The molecule has 0 bridgehead atoms. The van der Waals surface area contributed by atoms with E-state index >= 15 is 0 Å². The number of carbonyl (C=O) groups is 1. The average molecular weight is 306 g/mol. The van der Waals surface area contributed by atoms with Gasteiger partial charge in [0.1, 0.15) is 5.82 Å². The van der Waals surface area contributed by atoms with Gasteiger partial charge in [-0.05, 0) is 30.2 Å². The van der Waals surface area contributed by atoms with Crippen molar-refractivity contribution in [2.75, 3.05) is 6.54 Å². The summed E-state index contributed by atoms with van der Waals surface area (Å²) in [7, 11) is 0. The quantitative estimate of drug-likeness (QED) is 0.859. The Hall–Kier alpha value is -1.81. The van der Waals surface area contributed by atoms with Gasteiger partial charge in [-0.1, -0.05) is 25.4 Å². The number of hydrogen-bond donors (Lipinski definition) is 2. The average Bonchev–Trinajstić information content (AvgIpc) is 2.87. The van der Waals surface area contributed by atoms with Crippen molar-refractivity contribution >= 4 is 17.5 Å². The Kier molecular flexibility index (Phi) is 5.39. The zero-order valence-corrected chi connectivity index (χ0v) is 13.1. The van der Waals surface area contributed by atoms with Gasteiger partial charge in [-0.25, -0.2) is 4.98 Å². The van der Waals surface area contributed by atoms with Gasteiger partial charge in [0.15, 0.2) is 0 Å². The fraction of sp³-hybridized carbons (Fsp3) is 0.375. The zero-order chi connectivity index (χ0) is 15.2. The first-order chi connectivity index (χ1) is 10.0. The minimum absolute atomic E-state index is 0.0995. The molecule has 4 nitrogen and oxygen atoms in total. The van der Waals surface area contributed by atoms with E-state index in [0.29, 0.717) is 23.9 Å². The van der Waals surface area contributed by atoms with E-state index in [0.717, 1.165) is 23.5 Å². The summed E-state index contributed by atoms with van der Waals surface area (Å²) in [4.78, 5) is 19.2. The number of hydrogen-bond acceptors (Lipinski definition) is 2. The lowest BCUT2D eigenvalue weighted by molar-refractivity contribution is -0.121. The summed E-state index contributed by atoms with van der Waals surface area (Å²) in [5, 5.41) is 3.62. The largest absolute Gasteiger partial charge is 0.356 e. The molecule has 0 spiro atoms. The number of amides is 1. The van der Waals surface area contributed by atoms with Crippen LogP contribution in [0.2, 0.25) is 5.02 Å². The number of halogens is 1. The maximum Gasteiger partial charge on any atom is 0.220 e. The van der Waals surface area contributed by atoms with E-state index < -0.39 is 0 Å². The molecule has 0 radical (unpaired) electrons. The highest BCUT2D eigenvalue weighted by Crippen LogP contribution is 2.18. The number of aromatic amines is 1. The summed E-state index contributed by atoms with van der Waals surface area (Å²) in [5.41, 5.74) is 2.00. The van der Waals surface area contributed by atoms with Crippen molar-refractivity contribution in [3.8, 4) is 11.4 Å². The van der Waals surface area contributed by atoms with Crippen LogP contribution in [0.25, 0.3) is 11.4 Å². The lowest BCUT2D eigenvalue weighted by atomic mass is 10.1. The van der Waals surface area contributed by atoms with Crippen LogP contribution in [-0.2, 0) is 11.2 Å². The van der Waals surface area contributed by atoms with Crippen LogP contribution in [0.3, 0.4) is 0 Å². The molecule has 21 heavy (non-hydrogen) atoms. The Balaban J connectivity index is 1.86. The van der Waals surface area contributed by atoms with Gasteiger partial charge in [0.2, 0.25) is 5.91 Å². The third-order valence-electron chi connectivity index (χ3n) is 3.06. The van der Waals surface area contributed by atoms with Crippen LogP contribution in [0.4, 0.5) is 0 Å². The Morgan fingerprint density at radius 1 is 1.33 bits per heavy atom. The van der Waals surface area contributed by atoms with E-state index in [4.69, 9.17) is 11.6 Å². The fourth-order valence-corrected chi connectivity index (χ4v) is 2.15. The molecule has 2 N–H and O–H groups in total. The molecular formula is C16H20ClN3O. The Morgan fingerprint density at radius 3 is 2.71 bits per heavy atom. The summed E-state index contributed by atoms with van der Waals surface area (Å²) in [6, 6.07) is 7.53. The van der Waals surface area contributed by atoms with Crippen LogP contribution < -0.4 is 5.32 Å². The topological polar surface area (TPSA) is 57.8 Å². The van der Waals surface area contributed by atoms with Crippen LogP contribution in [0.1, 0.15) is 26.0 Å². The minimum Gasteiger partial charge on any atom is -0.356 e. The van der Waals surface area contributed by atoms with Crippen LogP contribution in [0, 0.1) is 5.92 Å². The van der Waals surface area contributed by atoms with Crippen molar-refractivity contribution in [3.63, 3.8) is 0 Å². The molecule has 0 aliphatic rings. The molecular weight excluding hydrogens is 286 g/mol. The second kappa shape index (κ2) is 7.27. The lowest BCUT2D eigenvalue weighted by Crippen LogP contribution is -2.26. The first kappa shape index (κ1) is 15.6. The van der Waals surface area contributed by atoms with Crippen LogP contribution in [0.15, 0.2) is 30.5 Å². The SMILES string of the molecule is CC(C)CC(=O)NCCc1cnc(-c2ccc(Cl)cc2)[nH]1. The van der Waals surface area contributed by atoms with Gasteiger partial charge in [-0.3, -0.25) is 4.79 Å². The second-order valence-corrected chi connectivity index (χ2v) is 5.90. The Bertz CT molecular complexity index is 590. The van der Waals surface area contributed by atoms with E-state index in [2.05, 4.69) is 15.3 Å². The van der Waals surface area contributed by atoms with Crippen LogP contribution in [-0.4, -0.2) is 22.4 Å². The van der Waals surface area contributed by atoms with Gasteiger partial charge in [0, 0.05) is 41.9 Å². The minimum atomic E-state index is 0.0995. The van der Waals surface area contributed by atoms with Crippen LogP contribution in [0.5, 0.6) is 0 Å². The van der Waals surface area contributed by atoms with Gasteiger partial charge in [-0.2, -0.15) is 0 Å². The third kappa shape index (κ3) is 4.90. The van der Waals surface area contributed by atoms with Crippen molar-refractivity contribution < 1.29 is 4.79 Å². The van der Waals surface area contributed by atoms with Crippen molar-refractivity contribution in [3.05, 3.63) is 41.2 Å². The number of rotatable bonds is 6. The molecule has 112 valence electrons. The predicted octanol–water partition coefficient (Wildman–Crippen LogP) is 3.43. The predicted molar refractivity (Wildman–Crippen MR) is 85.2 cm³/mol. The molecule has 5 heteroatoms. The van der Waals surface area contributed by atoms with Crippen molar-refractivity contribution in [2.45, 2.75) is 26.7 Å². The molecule has 1 aromatic heterocycles. The van der Waals surface area contributed by atoms with E-state index in [1.807, 2.05) is 38.1 Å². The van der Waals surface area contributed by atoms with Crippen molar-refractivity contribution in [1.29, 1.82) is 0 Å². The molecule has 0 fully saturated rings. The first-order valence-electron chi connectivity index (χ1n) is 7.11. The molecule has 0 aliphatic carbocycles. The summed E-state index contributed by atoms with van der Waals surface area (Å²) in [6.07, 6.45) is 3.11. The van der Waals surface area contributed by atoms with Gasteiger partial charge in [0.05, 0.1) is 0 Å². The fourth-order valence-electron chi connectivity index (χ4n) is 2.02. The van der Waals surface area contributed by atoms with E-state index in [9.17, 15) is 4.79 Å². The number of imidazole rings is 1. The molecule has 0 saturated heterocycles. The van der Waals surface area contributed by atoms with Gasteiger partial charge in [0.25, 0.3) is 0 Å². The number of H-pyrrole nitrogens is 1. The van der Waals surface area contributed by atoms with E-state index in [1.54, 1.807) is 6.20 Å². The molecule has 0 saturated carbocycles. The Morgan fingerprint density at radius 2 is 2.05 bits per heavy atom. The van der Waals surface area contributed by atoms with Crippen LogP contribution >= 0.6 is 11.6 Å². The van der Waals surface area contributed by atoms with E-state index in [-0.39, 0.29) is 5.91 Å². The van der Waals surface area contributed by atoms with Crippen molar-refractivity contribution in [1.82, 2.24) is 15.3 Å². The monoisotopic (exact) mass is 305 g/mol. The lowest BCUT2D eigenvalue weighted by Gasteiger charge is -2.06. The highest BCUT2D eigenvalue weighted by atomic mass is 35.5. The summed E-state index contributed by atoms with van der Waals surface area (Å²) >= 11 is 5.87. The number of benzene rings is 1. The maximum absolute atomic E-state index is 11.6. The van der Waals surface area contributed by atoms with Gasteiger partial charge in [-0.15, -0.1) is 0 Å². The first-order valence-corrected chi connectivity index (χ1v) is 7.49. The summed E-state index contributed by atoms with van der Waals surface area (Å²) < 4.78 is 0. The second-order valence-electron chi connectivity index (χ2n) is 5.46. The zero-order valence-electron chi connectivity index (χ0n) is 12.3.